The number of carbonyl (C=O) groups is 2. The van der Waals surface area contributed by atoms with Gasteiger partial charge in [-0.05, 0) is 12.3 Å². The van der Waals surface area contributed by atoms with Gasteiger partial charge in [-0.3, -0.25) is 0 Å². The fraction of sp³-hybridized carbons (Fsp3) is 0.389. The molecule has 10 nitrogen and oxygen atoms in total. The van der Waals surface area contributed by atoms with Crippen LogP contribution in [-0.2, 0) is 4.74 Å². The van der Waals surface area contributed by atoms with Crippen LogP contribution < -0.4 is 4.74 Å². The normalized spacial score (nSPS) is 10.3. The molecule has 13 heteroatoms. The number of halogens is 1. The number of nitrogens with zero attached hydrogens (tertiary/aromatic N) is 4. The van der Waals surface area contributed by atoms with E-state index >= 15 is 0 Å². The molecule has 4 rings (SSSR count). The third-order valence-corrected chi connectivity index (χ3v) is 12.0. The van der Waals surface area contributed by atoms with E-state index in [4.69, 9.17) is 27.7 Å². The van der Waals surface area contributed by atoms with E-state index in [0.717, 1.165) is 37.9 Å². The first-order valence-corrected chi connectivity index (χ1v) is 20.1. The Hall–Kier alpha value is -3.70. The summed E-state index contributed by atoms with van der Waals surface area (Å²) in [7, 11) is 0. The second-order valence-electron chi connectivity index (χ2n) is 11.4. The average Bonchev–Trinajstić information content (AvgIpc) is 3.64. The van der Waals surface area contributed by atoms with Gasteiger partial charge in [0.2, 0.25) is 0 Å². The number of phenols is 1. The number of aromatic hydroxyl groups is 1. The Balaban J connectivity index is 0.000000294. The summed E-state index contributed by atoms with van der Waals surface area (Å²) in [6.07, 6.45) is 2.22. The van der Waals surface area contributed by atoms with Crippen molar-refractivity contribution in [2.45, 2.75) is 61.3 Å². The van der Waals surface area contributed by atoms with E-state index in [9.17, 15) is 14.7 Å². The molecular weight excluding hydrogens is 822 g/mol. The van der Waals surface area contributed by atoms with Gasteiger partial charge in [0.15, 0.2) is 0 Å². The van der Waals surface area contributed by atoms with Gasteiger partial charge >= 0.3 is 263 Å². The Bertz CT molecular complexity index is 1800. The van der Waals surface area contributed by atoms with Crippen molar-refractivity contribution in [1.82, 2.24) is 9.97 Å². The van der Waals surface area contributed by atoms with Gasteiger partial charge < -0.3 is 0 Å². The van der Waals surface area contributed by atoms with Crippen molar-refractivity contribution in [3.8, 4) is 31.8 Å². The van der Waals surface area contributed by atoms with Crippen molar-refractivity contribution in [1.29, 1.82) is 0 Å². The molecule has 0 radical (unpaired) electrons. The van der Waals surface area contributed by atoms with Crippen molar-refractivity contribution < 1.29 is 29.3 Å². The maximum absolute atomic E-state index is 11.8. The maximum atomic E-state index is 11.8. The molecule has 0 aliphatic heterocycles. The molecule has 2 aromatic carbocycles. The molecule has 0 spiro atoms. The number of benzene rings is 2. The fourth-order valence-electron chi connectivity index (χ4n) is 3.85. The number of hydrogen-bond acceptors (Lipinski definition) is 7. The van der Waals surface area contributed by atoms with Gasteiger partial charge in [0.1, 0.15) is 0 Å². The van der Waals surface area contributed by atoms with Crippen molar-refractivity contribution in [3.05, 3.63) is 79.5 Å². The molecule has 0 atom stereocenters. The molecule has 49 heavy (non-hydrogen) atoms. The Morgan fingerprint density at radius 3 is 1.88 bits per heavy atom. The molecule has 0 saturated carbocycles. The first kappa shape index (κ1) is 41.5. The summed E-state index contributed by atoms with van der Waals surface area (Å²) >= 11 is 2.77. The summed E-state index contributed by atoms with van der Waals surface area (Å²) in [6.45, 7) is 29.2. The standard InChI is InChI=1S/C17H18N2O3Se.C14H12N2O3Se.C5H11Br/c1-10(2)7-8-22-14-6-5-12(9-13(14)18-4)16-19-11(3)15(23-16)17(20)21;1-4-19-14(18)12-8(2)16-13(20-12)9-5-6-11(17)10(7-9)15-3;1-5(2)3-4-6/h5-6,9-10H,7-8H2,1-3H3,(H,20,21);5-7,17H,4H2,1-2H3;5H,3-4H2,1-2H3. The van der Waals surface area contributed by atoms with Crippen LogP contribution in [0.4, 0.5) is 11.4 Å². The number of aryl methyl sites for hydroxylation is 2. The molecule has 0 amide bonds. The number of carboxylic acids is 1. The van der Waals surface area contributed by atoms with Gasteiger partial charge in [0, 0.05) is 5.33 Å². The van der Waals surface area contributed by atoms with Crippen molar-refractivity contribution in [2.75, 3.05) is 18.5 Å². The number of carboxylic acid groups (broad SMARTS) is 1. The predicted molar refractivity (Wildman–Crippen MR) is 198 cm³/mol. The number of alkyl halides is 1. The summed E-state index contributed by atoms with van der Waals surface area (Å²) in [5.41, 5.74) is 3.38. The monoisotopic (exact) mass is 864 g/mol. The number of phenolic OH excluding ortho intramolecular Hbond substituents is 1. The van der Waals surface area contributed by atoms with Gasteiger partial charge in [-0.1, -0.05) is 29.8 Å². The van der Waals surface area contributed by atoms with Gasteiger partial charge in [-0.15, -0.1) is 0 Å². The zero-order valence-electron chi connectivity index (χ0n) is 28.7. The van der Waals surface area contributed by atoms with Crippen molar-refractivity contribution in [2.24, 2.45) is 11.8 Å². The molecule has 0 aliphatic rings. The van der Waals surface area contributed by atoms with Gasteiger partial charge in [0.05, 0.1) is 0 Å². The Morgan fingerprint density at radius 2 is 1.41 bits per heavy atom. The number of aromatic nitrogens is 2. The Kier molecular flexibility index (Phi) is 17.5. The van der Waals surface area contributed by atoms with Crippen LogP contribution in [0.3, 0.4) is 0 Å². The van der Waals surface area contributed by atoms with E-state index in [-0.39, 0.29) is 46.4 Å². The number of esters is 1. The molecule has 2 aromatic heterocycles. The summed E-state index contributed by atoms with van der Waals surface area (Å²) in [4.78, 5) is 38.4. The van der Waals surface area contributed by atoms with Crippen molar-refractivity contribution in [3.63, 3.8) is 0 Å². The molecule has 260 valence electrons. The molecule has 4 aromatic rings. The van der Waals surface area contributed by atoms with Gasteiger partial charge in [0.25, 0.3) is 0 Å². The fourth-order valence-corrected chi connectivity index (χ4v) is 8.67. The summed E-state index contributed by atoms with van der Waals surface area (Å²) < 4.78 is 13.2. The van der Waals surface area contributed by atoms with E-state index < -0.39 is 5.97 Å². The molecule has 0 unspecified atom stereocenters. The zero-order chi connectivity index (χ0) is 36.7. The number of carbonyl (C=O) groups excluding carboxylic acids is 1. The van der Waals surface area contributed by atoms with Crippen LogP contribution in [0.1, 0.15) is 77.3 Å². The van der Waals surface area contributed by atoms with Crippen LogP contribution in [0.15, 0.2) is 36.4 Å². The second-order valence-corrected chi connectivity index (χ2v) is 16.4. The second kappa shape index (κ2) is 20.7. The van der Waals surface area contributed by atoms with Gasteiger partial charge in [-0.2, -0.15) is 0 Å². The van der Waals surface area contributed by atoms with E-state index in [2.05, 4.69) is 63.3 Å². The zero-order valence-corrected chi connectivity index (χ0v) is 33.7. The third-order valence-electron chi connectivity index (χ3n) is 6.56. The first-order valence-electron chi connectivity index (χ1n) is 15.5. The van der Waals surface area contributed by atoms with Crippen LogP contribution in [0, 0.1) is 38.8 Å². The SMILES string of the molecule is CC(C)CCBr.[C-]#[N+]c1cc(-c2nc(C)c(C(=O)O)[se]2)ccc1OCCC(C)C.[C-]#[N+]c1cc(-c2nc(C)c(C(=O)OCC)[se]2)ccc1O. The number of rotatable bonds is 11. The minimum absolute atomic E-state index is 0.0508. The van der Waals surface area contributed by atoms with E-state index in [0.29, 0.717) is 50.8 Å². The first-order chi connectivity index (χ1) is 23.3. The molecule has 0 aliphatic carbocycles. The molecule has 0 bridgehead atoms. The molecule has 0 saturated heterocycles. The van der Waals surface area contributed by atoms with E-state index in [1.807, 2.05) is 6.07 Å². The number of hydrogen-bond donors (Lipinski definition) is 2. The van der Waals surface area contributed by atoms with Crippen LogP contribution in [0.5, 0.6) is 11.5 Å². The van der Waals surface area contributed by atoms with E-state index in [1.165, 1.54) is 12.5 Å². The summed E-state index contributed by atoms with van der Waals surface area (Å²) in [5, 5.41) is 19.8. The summed E-state index contributed by atoms with van der Waals surface area (Å²) in [5.74, 6) is 0.672. The molecule has 0 fully saturated rings. The van der Waals surface area contributed by atoms with Crippen LogP contribution >= 0.6 is 15.9 Å². The minimum atomic E-state index is -0.916. The van der Waals surface area contributed by atoms with Crippen LogP contribution in [-0.4, -0.2) is 79.7 Å². The number of aromatic carboxylic acids is 1. The Morgan fingerprint density at radius 1 is 0.878 bits per heavy atom. The van der Waals surface area contributed by atoms with Crippen LogP contribution in [0.2, 0.25) is 0 Å². The topological polar surface area (TPSA) is 128 Å². The molecular formula is C36H41BrN4O6Se2. The van der Waals surface area contributed by atoms with Crippen LogP contribution in [0.25, 0.3) is 30.0 Å². The molecule has 2 N–H and O–H groups in total. The predicted octanol–water partition coefficient (Wildman–Crippen LogP) is 8.76. The summed E-state index contributed by atoms with van der Waals surface area (Å²) in [6, 6.07) is 10.1. The van der Waals surface area contributed by atoms with Crippen molar-refractivity contribution >= 4 is 68.3 Å². The quantitative estimate of drug-likeness (QED) is 0.0664. The third kappa shape index (κ3) is 12.9. The van der Waals surface area contributed by atoms with E-state index in [1.54, 1.807) is 45.0 Å². The molecule has 2 heterocycles. The average molecular weight is 864 g/mol. The number of ether oxygens (including phenoxy) is 2. The van der Waals surface area contributed by atoms with Gasteiger partial charge in [-0.25, -0.2) is 0 Å². The Labute approximate surface area is 308 Å².